The molecular formula is C21H25N5O. The van der Waals surface area contributed by atoms with Crippen molar-refractivity contribution in [3.05, 3.63) is 54.5 Å². The van der Waals surface area contributed by atoms with E-state index in [2.05, 4.69) is 34.2 Å². The first-order valence-corrected chi connectivity index (χ1v) is 9.48. The van der Waals surface area contributed by atoms with Gasteiger partial charge in [0.15, 0.2) is 5.65 Å². The van der Waals surface area contributed by atoms with Crippen molar-refractivity contribution in [2.24, 2.45) is 5.92 Å². The van der Waals surface area contributed by atoms with Gasteiger partial charge in [0.25, 0.3) is 0 Å². The van der Waals surface area contributed by atoms with Gasteiger partial charge in [0.1, 0.15) is 0 Å². The summed E-state index contributed by atoms with van der Waals surface area (Å²) in [6.07, 6.45) is 6.51. The molecule has 0 saturated carbocycles. The number of hydrogen-bond acceptors (Lipinski definition) is 4. The molecule has 0 spiro atoms. The van der Waals surface area contributed by atoms with Crippen LogP contribution in [0.25, 0.3) is 16.8 Å². The Bertz CT molecular complexity index is 936. The Morgan fingerprint density at radius 2 is 2.04 bits per heavy atom. The minimum atomic E-state index is 0.281. The van der Waals surface area contributed by atoms with Crippen LogP contribution in [0, 0.1) is 5.92 Å². The number of likely N-dealkylation sites (tertiary alicyclic amines) is 1. The zero-order valence-corrected chi connectivity index (χ0v) is 15.9. The highest BCUT2D eigenvalue weighted by Crippen LogP contribution is 2.23. The van der Waals surface area contributed by atoms with E-state index in [0.29, 0.717) is 12.3 Å². The van der Waals surface area contributed by atoms with E-state index >= 15 is 0 Å². The molecular weight excluding hydrogens is 338 g/mol. The van der Waals surface area contributed by atoms with E-state index in [4.69, 9.17) is 0 Å². The van der Waals surface area contributed by atoms with Crippen molar-refractivity contribution in [2.45, 2.75) is 19.9 Å². The minimum Gasteiger partial charge on any atom is -0.343 e. The van der Waals surface area contributed by atoms with E-state index in [1.54, 1.807) is 0 Å². The van der Waals surface area contributed by atoms with Crippen LogP contribution in [-0.4, -0.2) is 57.0 Å². The van der Waals surface area contributed by atoms with Crippen LogP contribution in [0.15, 0.2) is 48.9 Å². The largest absolute Gasteiger partial charge is 0.343 e. The van der Waals surface area contributed by atoms with Crippen molar-refractivity contribution in [3.63, 3.8) is 0 Å². The van der Waals surface area contributed by atoms with Gasteiger partial charge in [0.2, 0.25) is 5.91 Å². The maximum Gasteiger partial charge on any atom is 0.222 e. The number of rotatable bonds is 6. The molecule has 1 amide bonds. The number of fused-ring (bicyclic) bond motifs is 1. The second kappa shape index (κ2) is 7.48. The van der Waals surface area contributed by atoms with Crippen LogP contribution in [0.2, 0.25) is 0 Å². The van der Waals surface area contributed by atoms with Gasteiger partial charge in [-0.15, -0.1) is 0 Å². The van der Waals surface area contributed by atoms with Crippen LogP contribution in [0.3, 0.4) is 0 Å². The fourth-order valence-corrected chi connectivity index (χ4v) is 3.92. The number of nitrogens with zero attached hydrogens (tertiary/aromatic N) is 5. The summed E-state index contributed by atoms with van der Waals surface area (Å²) in [5.74, 6) is 0.692. The van der Waals surface area contributed by atoms with Gasteiger partial charge in [0.05, 0.1) is 6.20 Å². The van der Waals surface area contributed by atoms with Crippen LogP contribution in [-0.2, 0) is 11.3 Å². The Morgan fingerprint density at radius 1 is 1.22 bits per heavy atom. The van der Waals surface area contributed by atoms with Gasteiger partial charge in [-0.3, -0.25) is 4.79 Å². The van der Waals surface area contributed by atoms with Gasteiger partial charge >= 0.3 is 0 Å². The Kier molecular flexibility index (Phi) is 4.90. The zero-order valence-electron chi connectivity index (χ0n) is 15.9. The van der Waals surface area contributed by atoms with Crippen molar-refractivity contribution >= 4 is 11.6 Å². The summed E-state index contributed by atoms with van der Waals surface area (Å²) in [5.41, 5.74) is 4.15. The average molecular weight is 363 g/mol. The molecule has 1 aromatic carbocycles. The number of aromatic nitrogens is 3. The smallest absolute Gasteiger partial charge is 0.222 e. The molecule has 1 saturated heterocycles. The van der Waals surface area contributed by atoms with Crippen LogP contribution in [0.4, 0.5) is 0 Å². The SMILES string of the molecule is CCN1C[C@@H](CN(C)Cc2cnc3c(-c4ccccc4)cnn3c2)CC1=O. The van der Waals surface area contributed by atoms with Crippen molar-refractivity contribution < 1.29 is 4.79 Å². The Hall–Kier alpha value is -2.73. The second-order valence-electron chi connectivity index (χ2n) is 7.35. The Balaban J connectivity index is 1.45. The lowest BCUT2D eigenvalue weighted by molar-refractivity contribution is -0.127. The van der Waals surface area contributed by atoms with Crippen LogP contribution < -0.4 is 0 Å². The van der Waals surface area contributed by atoms with Crippen molar-refractivity contribution in [2.75, 3.05) is 26.7 Å². The molecule has 0 unspecified atom stereocenters. The molecule has 3 aromatic rings. The van der Waals surface area contributed by atoms with Gasteiger partial charge in [-0.2, -0.15) is 5.10 Å². The molecule has 1 aliphatic rings. The van der Waals surface area contributed by atoms with Gasteiger partial charge in [-0.25, -0.2) is 9.50 Å². The summed E-state index contributed by atoms with van der Waals surface area (Å²) in [7, 11) is 2.10. The highest BCUT2D eigenvalue weighted by atomic mass is 16.2. The molecule has 1 aliphatic heterocycles. The number of carbonyl (C=O) groups is 1. The standard InChI is InChI=1S/C21H25N5O/c1-3-25-14-16(9-20(25)27)12-24(2)13-17-10-22-21-19(11-23-26(21)15-17)18-7-5-4-6-8-18/h4-8,10-11,15-16H,3,9,12-14H2,1-2H3/t16-/m1/s1. The summed E-state index contributed by atoms with van der Waals surface area (Å²) in [4.78, 5) is 20.8. The van der Waals surface area contributed by atoms with E-state index in [1.165, 1.54) is 0 Å². The molecule has 6 nitrogen and oxygen atoms in total. The van der Waals surface area contributed by atoms with Gasteiger partial charge in [-0.1, -0.05) is 30.3 Å². The molecule has 140 valence electrons. The highest BCUT2D eigenvalue weighted by Gasteiger charge is 2.28. The summed E-state index contributed by atoms with van der Waals surface area (Å²) in [5, 5.41) is 4.48. The van der Waals surface area contributed by atoms with Gasteiger partial charge in [-0.05, 0) is 25.5 Å². The van der Waals surface area contributed by atoms with Crippen molar-refractivity contribution in [3.8, 4) is 11.1 Å². The summed E-state index contributed by atoms with van der Waals surface area (Å²) < 4.78 is 1.85. The molecule has 0 bridgehead atoms. The Labute approximate surface area is 159 Å². The third kappa shape index (κ3) is 3.71. The summed E-state index contributed by atoms with van der Waals surface area (Å²) >= 11 is 0. The molecule has 0 aliphatic carbocycles. The maximum atomic E-state index is 11.9. The lowest BCUT2D eigenvalue weighted by Gasteiger charge is -2.21. The topological polar surface area (TPSA) is 53.7 Å². The molecule has 3 heterocycles. The quantitative estimate of drug-likeness (QED) is 0.676. The molecule has 4 rings (SSSR count). The first kappa shape index (κ1) is 17.7. The van der Waals surface area contributed by atoms with Crippen molar-refractivity contribution in [1.29, 1.82) is 0 Å². The maximum absolute atomic E-state index is 11.9. The van der Waals surface area contributed by atoms with Gasteiger partial charge < -0.3 is 9.80 Å². The molecule has 1 fully saturated rings. The monoisotopic (exact) mass is 363 g/mol. The number of amides is 1. The molecule has 0 N–H and O–H groups in total. The number of carbonyl (C=O) groups excluding carboxylic acids is 1. The highest BCUT2D eigenvalue weighted by molar-refractivity contribution is 5.78. The van der Waals surface area contributed by atoms with E-state index < -0.39 is 0 Å². The first-order valence-electron chi connectivity index (χ1n) is 9.48. The van der Waals surface area contributed by atoms with Crippen LogP contribution >= 0.6 is 0 Å². The fraction of sp³-hybridized carbons (Fsp3) is 0.381. The lowest BCUT2D eigenvalue weighted by atomic mass is 10.1. The first-order chi connectivity index (χ1) is 13.1. The van der Waals surface area contributed by atoms with E-state index in [1.807, 2.05) is 53.1 Å². The summed E-state index contributed by atoms with van der Waals surface area (Å²) in [6.45, 7) is 5.42. The fourth-order valence-electron chi connectivity index (χ4n) is 3.92. The third-order valence-corrected chi connectivity index (χ3v) is 5.19. The molecule has 6 heteroatoms. The molecule has 0 radical (unpaired) electrons. The minimum absolute atomic E-state index is 0.281. The average Bonchev–Trinajstić information content (AvgIpc) is 3.24. The Morgan fingerprint density at radius 3 is 2.78 bits per heavy atom. The number of benzene rings is 1. The van der Waals surface area contributed by atoms with Crippen LogP contribution in [0.1, 0.15) is 18.9 Å². The predicted molar refractivity (Wildman–Crippen MR) is 105 cm³/mol. The normalized spacial score (nSPS) is 17.4. The van der Waals surface area contributed by atoms with Crippen molar-refractivity contribution in [1.82, 2.24) is 24.4 Å². The van der Waals surface area contributed by atoms with Crippen LogP contribution in [0.5, 0.6) is 0 Å². The number of hydrogen-bond donors (Lipinski definition) is 0. The van der Waals surface area contributed by atoms with E-state index in [0.717, 1.165) is 48.5 Å². The third-order valence-electron chi connectivity index (χ3n) is 5.19. The lowest BCUT2D eigenvalue weighted by Crippen LogP contribution is -2.28. The molecule has 1 atom stereocenters. The second-order valence-corrected chi connectivity index (χ2v) is 7.35. The van der Waals surface area contributed by atoms with E-state index in [9.17, 15) is 4.79 Å². The molecule has 2 aromatic heterocycles. The predicted octanol–water partition coefficient (Wildman–Crippen LogP) is 2.70. The summed E-state index contributed by atoms with van der Waals surface area (Å²) in [6, 6.07) is 10.2. The van der Waals surface area contributed by atoms with Gasteiger partial charge in [0, 0.05) is 56.1 Å². The van der Waals surface area contributed by atoms with E-state index in [-0.39, 0.29) is 5.91 Å². The zero-order chi connectivity index (χ0) is 18.8. The molecule has 27 heavy (non-hydrogen) atoms.